The van der Waals surface area contributed by atoms with Crippen LogP contribution in [0.2, 0.25) is 0 Å². The standard InChI is InChI=1S/C15H21NO3S/c1-15(8-4-10-20(17,18)11-15)19-13-7-2-5-12-6-3-9-16-14(12)13/h2,5,7,16H,3-4,6,8-11H2,1H3. The van der Waals surface area contributed by atoms with Crippen molar-refractivity contribution < 1.29 is 13.2 Å². The molecule has 1 fully saturated rings. The highest BCUT2D eigenvalue weighted by molar-refractivity contribution is 7.91. The van der Waals surface area contributed by atoms with Gasteiger partial charge in [0, 0.05) is 6.54 Å². The Kier molecular flexibility index (Phi) is 3.40. The lowest BCUT2D eigenvalue weighted by Crippen LogP contribution is -2.44. The molecular formula is C15H21NO3S. The summed E-state index contributed by atoms with van der Waals surface area (Å²) in [5, 5.41) is 3.38. The normalized spacial score (nSPS) is 28.2. The van der Waals surface area contributed by atoms with E-state index in [0.717, 1.165) is 37.2 Å². The molecule has 0 bridgehead atoms. The average molecular weight is 295 g/mol. The number of benzene rings is 1. The quantitative estimate of drug-likeness (QED) is 0.910. The van der Waals surface area contributed by atoms with Crippen molar-refractivity contribution in [3.63, 3.8) is 0 Å². The van der Waals surface area contributed by atoms with Crippen molar-refractivity contribution in [3.05, 3.63) is 23.8 Å². The molecule has 1 unspecified atom stereocenters. The van der Waals surface area contributed by atoms with Gasteiger partial charge in [0.2, 0.25) is 0 Å². The van der Waals surface area contributed by atoms with Gasteiger partial charge >= 0.3 is 0 Å². The number of rotatable bonds is 2. The highest BCUT2D eigenvalue weighted by Crippen LogP contribution is 2.36. The van der Waals surface area contributed by atoms with Gasteiger partial charge < -0.3 is 10.1 Å². The summed E-state index contributed by atoms with van der Waals surface area (Å²) in [5.74, 6) is 1.20. The van der Waals surface area contributed by atoms with Gasteiger partial charge in [0.1, 0.15) is 11.4 Å². The summed E-state index contributed by atoms with van der Waals surface area (Å²) in [6.07, 6.45) is 3.65. The number of aryl methyl sites for hydroxylation is 1. The Balaban J connectivity index is 1.87. The summed E-state index contributed by atoms with van der Waals surface area (Å²) in [6.45, 7) is 2.86. The van der Waals surface area contributed by atoms with Crippen LogP contribution in [0.4, 0.5) is 5.69 Å². The summed E-state index contributed by atoms with van der Waals surface area (Å²) in [4.78, 5) is 0. The molecule has 110 valence electrons. The summed E-state index contributed by atoms with van der Waals surface area (Å²) in [7, 11) is -2.98. The number of sulfone groups is 1. The molecule has 2 aliphatic heterocycles. The van der Waals surface area contributed by atoms with Gasteiger partial charge in [-0.15, -0.1) is 0 Å². The first kappa shape index (κ1) is 13.7. The summed E-state index contributed by atoms with van der Waals surface area (Å²) in [6, 6.07) is 6.03. The monoisotopic (exact) mass is 295 g/mol. The molecule has 4 nitrogen and oxygen atoms in total. The van der Waals surface area contributed by atoms with Crippen LogP contribution in [-0.2, 0) is 16.3 Å². The van der Waals surface area contributed by atoms with Crippen molar-refractivity contribution in [2.24, 2.45) is 0 Å². The van der Waals surface area contributed by atoms with Crippen LogP contribution in [0.3, 0.4) is 0 Å². The molecular weight excluding hydrogens is 274 g/mol. The molecule has 0 aromatic heterocycles. The van der Waals surface area contributed by atoms with E-state index in [9.17, 15) is 8.42 Å². The molecule has 0 spiro atoms. The van der Waals surface area contributed by atoms with E-state index in [4.69, 9.17) is 4.74 Å². The Morgan fingerprint density at radius 3 is 2.95 bits per heavy atom. The SMILES string of the molecule is CC1(Oc2cccc3c2NCCC3)CCCS(=O)(=O)C1. The maximum Gasteiger partial charge on any atom is 0.154 e. The summed E-state index contributed by atoms with van der Waals surface area (Å²) < 4.78 is 29.8. The van der Waals surface area contributed by atoms with Crippen LogP contribution in [-0.4, -0.2) is 32.1 Å². The van der Waals surface area contributed by atoms with Crippen LogP contribution in [0.1, 0.15) is 31.7 Å². The number of ether oxygens (including phenoxy) is 1. The summed E-state index contributed by atoms with van der Waals surface area (Å²) in [5.41, 5.74) is 1.70. The molecule has 2 aliphatic rings. The molecule has 1 atom stereocenters. The van der Waals surface area contributed by atoms with E-state index in [-0.39, 0.29) is 11.5 Å². The van der Waals surface area contributed by atoms with Gasteiger partial charge in [-0.1, -0.05) is 12.1 Å². The molecule has 1 N–H and O–H groups in total. The Labute approximate surface area is 120 Å². The minimum absolute atomic E-state index is 0.115. The first-order valence-electron chi connectivity index (χ1n) is 7.23. The van der Waals surface area contributed by atoms with Crippen molar-refractivity contribution in [1.29, 1.82) is 0 Å². The summed E-state index contributed by atoms with van der Waals surface area (Å²) >= 11 is 0. The second-order valence-corrected chi connectivity index (χ2v) is 8.25. The number of nitrogens with one attached hydrogen (secondary N) is 1. The highest BCUT2D eigenvalue weighted by atomic mass is 32.2. The average Bonchev–Trinajstić information content (AvgIpc) is 2.37. The Morgan fingerprint density at radius 1 is 1.30 bits per heavy atom. The lowest BCUT2D eigenvalue weighted by atomic mass is 10.0. The van der Waals surface area contributed by atoms with Gasteiger partial charge in [-0.25, -0.2) is 8.42 Å². The first-order chi connectivity index (χ1) is 9.48. The van der Waals surface area contributed by atoms with Crippen LogP contribution in [0.15, 0.2) is 18.2 Å². The molecule has 2 heterocycles. The number of anilines is 1. The molecule has 0 aliphatic carbocycles. The second kappa shape index (κ2) is 4.95. The third kappa shape index (κ3) is 2.77. The third-order valence-electron chi connectivity index (χ3n) is 4.08. The van der Waals surface area contributed by atoms with Gasteiger partial charge in [0.25, 0.3) is 0 Å². The van der Waals surface area contributed by atoms with Crippen molar-refractivity contribution in [1.82, 2.24) is 0 Å². The zero-order chi connectivity index (χ0) is 14.2. The van der Waals surface area contributed by atoms with Gasteiger partial charge in [-0.2, -0.15) is 0 Å². The maximum atomic E-state index is 11.8. The Hall–Kier alpha value is -1.23. The lowest BCUT2D eigenvalue weighted by Gasteiger charge is -2.35. The van der Waals surface area contributed by atoms with Crippen LogP contribution in [0, 0.1) is 0 Å². The number of hydrogen-bond donors (Lipinski definition) is 1. The molecule has 1 aromatic rings. The molecule has 3 rings (SSSR count). The fraction of sp³-hybridized carbons (Fsp3) is 0.600. The van der Waals surface area contributed by atoms with Gasteiger partial charge in [0.15, 0.2) is 9.84 Å². The van der Waals surface area contributed by atoms with Crippen LogP contribution < -0.4 is 10.1 Å². The lowest BCUT2D eigenvalue weighted by molar-refractivity contribution is 0.0984. The predicted molar refractivity (Wildman–Crippen MR) is 80.2 cm³/mol. The van der Waals surface area contributed by atoms with E-state index in [1.54, 1.807) is 0 Å². The number of para-hydroxylation sites is 1. The second-order valence-electron chi connectivity index (χ2n) is 6.07. The molecule has 20 heavy (non-hydrogen) atoms. The van der Waals surface area contributed by atoms with E-state index < -0.39 is 15.4 Å². The number of fused-ring (bicyclic) bond motifs is 1. The minimum atomic E-state index is -2.98. The fourth-order valence-electron chi connectivity index (χ4n) is 3.18. The largest absolute Gasteiger partial charge is 0.484 e. The van der Waals surface area contributed by atoms with Crippen LogP contribution in [0.5, 0.6) is 5.75 Å². The Bertz CT molecular complexity index is 612. The molecule has 0 radical (unpaired) electrons. The molecule has 0 saturated carbocycles. The first-order valence-corrected chi connectivity index (χ1v) is 9.05. The zero-order valence-corrected chi connectivity index (χ0v) is 12.6. The topological polar surface area (TPSA) is 55.4 Å². The smallest absolute Gasteiger partial charge is 0.154 e. The van der Waals surface area contributed by atoms with Crippen molar-refractivity contribution >= 4 is 15.5 Å². The van der Waals surface area contributed by atoms with Gasteiger partial charge in [-0.05, 0) is 44.2 Å². The van der Waals surface area contributed by atoms with E-state index in [1.807, 2.05) is 19.1 Å². The Morgan fingerprint density at radius 2 is 2.15 bits per heavy atom. The van der Waals surface area contributed by atoms with E-state index >= 15 is 0 Å². The predicted octanol–water partition coefficient (Wildman–Crippen LogP) is 2.39. The van der Waals surface area contributed by atoms with Crippen molar-refractivity contribution in [3.8, 4) is 5.75 Å². The van der Waals surface area contributed by atoms with E-state index in [0.29, 0.717) is 6.42 Å². The van der Waals surface area contributed by atoms with Gasteiger partial charge in [0.05, 0.1) is 17.2 Å². The maximum absolute atomic E-state index is 11.8. The minimum Gasteiger partial charge on any atom is -0.484 e. The van der Waals surface area contributed by atoms with E-state index in [2.05, 4.69) is 11.4 Å². The fourth-order valence-corrected chi connectivity index (χ4v) is 5.05. The molecule has 0 amide bonds. The van der Waals surface area contributed by atoms with Gasteiger partial charge in [-0.3, -0.25) is 0 Å². The van der Waals surface area contributed by atoms with Crippen molar-refractivity contribution in [2.75, 3.05) is 23.4 Å². The highest BCUT2D eigenvalue weighted by Gasteiger charge is 2.37. The van der Waals surface area contributed by atoms with E-state index in [1.165, 1.54) is 5.56 Å². The molecule has 1 aromatic carbocycles. The van der Waals surface area contributed by atoms with Crippen LogP contribution >= 0.6 is 0 Å². The van der Waals surface area contributed by atoms with Crippen molar-refractivity contribution in [2.45, 2.75) is 38.2 Å². The number of hydrogen-bond acceptors (Lipinski definition) is 4. The molecule has 1 saturated heterocycles. The zero-order valence-electron chi connectivity index (χ0n) is 11.8. The third-order valence-corrected chi connectivity index (χ3v) is 6.04. The van der Waals surface area contributed by atoms with Crippen LogP contribution in [0.25, 0.3) is 0 Å². The molecule has 5 heteroatoms.